The van der Waals surface area contributed by atoms with Crippen molar-refractivity contribution in [3.63, 3.8) is 0 Å². The van der Waals surface area contributed by atoms with Crippen LogP contribution in [0.5, 0.6) is 0 Å². The van der Waals surface area contributed by atoms with E-state index in [1.165, 1.54) is 29.0 Å². The Balaban J connectivity index is 1.10. The number of nitrogens with one attached hydrogen (secondary N) is 2. The van der Waals surface area contributed by atoms with Gasteiger partial charge in [0.25, 0.3) is 17.7 Å². The van der Waals surface area contributed by atoms with Crippen molar-refractivity contribution < 1.29 is 47.0 Å². The largest absolute Gasteiger partial charge is 0.464 e. The first-order valence-corrected chi connectivity index (χ1v) is 26.8. The minimum Gasteiger partial charge on any atom is -0.464 e. The van der Waals surface area contributed by atoms with Gasteiger partial charge in [-0.15, -0.1) is 11.3 Å². The first-order valence-electron chi connectivity index (χ1n) is 25.9. The number of cyclic esters (lactones) is 1. The molecule has 5 aliphatic heterocycles. The van der Waals surface area contributed by atoms with Gasteiger partial charge in [-0.05, 0) is 74.3 Å². The second-order valence-electron chi connectivity index (χ2n) is 21.6. The molecule has 1 aromatic carbocycles. The number of aromatic nitrogens is 3. The second-order valence-corrected chi connectivity index (χ2v) is 22.6. The van der Waals surface area contributed by atoms with E-state index >= 15 is 4.39 Å². The molecule has 398 valence electrons. The summed E-state index contributed by atoms with van der Waals surface area (Å²) in [5.41, 5.74) is 9.02. The number of aryl methyl sites for hydroxylation is 2. The van der Waals surface area contributed by atoms with Crippen LogP contribution in [0.1, 0.15) is 94.7 Å². The van der Waals surface area contributed by atoms with Gasteiger partial charge in [-0.2, -0.15) is 0 Å². The van der Waals surface area contributed by atoms with Crippen LogP contribution in [-0.2, 0) is 64.0 Å². The zero-order chi connectivity index (χ0) is 52.8. The molecule has 0 aliphatic carbocycles. The summed E-state index contributed by atoms with van der Waals surface area (Å²) >= 11 is 1.36. The Labute approximate surface area is 434 Å². The number of amides is 4. The van der Waals surface area contributed by atoms with Gasteiger partial charge in [-0.1, -0.05) is 34.3 Å². The van der Waals surface area contributed by atoms with E-state index in [1.54, 1.807) is 21.0 Å². The number of piperidine rings is 1. The van der Waals surface area contributed by atoms with Gasteiger partial charge in [0, 0.05) is 100.0 Å². The van der Waals surface area contributed by atoms with Crippen molar-refractivity contribution in [1.82, 2.24) is 40.1 Å². The topological polar surface area (TPSA) is 181 Å². The Morgan fingerprint density at radius 1 is 1.04 bits per heavy atom. The third-order valence-corrected chi connectivity index (χ3v) is 16.2. The number of alkyl halides is 1. The standard InChI is InChI=1S/C54H69F2N9O8S/c1-31(2)45(61(7)52(70)54(56)13-17-63(18-14-54)49(67)32(3)55)48(66)59-41-26-43-58-42(29-74-43)35-23-34-11-9-15-64-46(34)37(24-35)39(27-53(5,6)30-73-51(69)40-12-10-16-65(60-40)50(41)68)47(64)38-25-36(62-19-21-72-22-20-62)28-57-44(38)33(4)71-8/h23-25,28-29,31,33,40-41,45,60H,3,9-22,26-27,30H2,1-2,4-8H3,(H,59,66)/t33-,40-,41-,45-/m0/s1. The highest BCUT2D eigenvalue weighted by Gasteiger charge is 2.48. The van der Waals surface area contributed by atoms with Crippen molar-refractivity contribution in [2.24, 2.45) is 11.3 Å². The molecule has 3 saturated heterocycles. The summed E-state index contributed by atoms with van der Waals surface area (Å²) in [5, 5.41) is 7.88. The molecule has 4 amide bonds. The van der Waals surface area contributed by atoms with Gasteiger partial charge in [-0.3, -0.25) is 34.0 Å². The van der Waals surface area contributed by atoms with Crippen LogP contribution in [0.2, 0.25) is 0 Å². The number of carbonyl (C=O) groups excluding carboxylic acids is 5. The number of carbonyl (C=O) groups is 5. The number of thiazole rings is 1. The number of halogens is 2. The lowest BCUT2D eigenvalue weighted by Crippen LogP contribution is -2.63. The molecule has 0 saturated carbocycles. The summed E-state index contributed by atoms with van der Waals surface area (Å²) in [4.78, 5) is 84.4. The molecule has 4 aromatic rings. The number of fused-ring (bicyclic) bond motifs is 6. The number of morpholine rings is 1. The van der Waals surface area contributed by atoms with E-state index in [9.17, 15) is 28.4 Å². The fourth-order valence-corrected chi connectivity index (χ4v) is 12.2. The van der Waals surface area contributed by atoms with Gasteiger partial charge in [0.2, 0.25) is 5.91 Å². The number of methoxy groups -OCH3 is 1. The van der Waals surface area contributed by atoms with E-state index in [0.29, 0.717) is 43.2 Å². The molecule has 9 rings (SSSR count). The van der Waals surface area contributed by atoms with Crippen molar-refractivity contribution in [1.29, 1.82) is 0 Å². The van der Waals surface area contributed by atoms with E-state index in [4.69, 9.17) is 24.2 Å². The molecule has 6 bridgehead atoms. The molecule has 0 spiro atoms. The van der Waals surface area contributed by atoms with Gasteiger partial charge >= 0.3 is 5.97 Å². The normalized spacial score (nSPS) is 21.9. The van der Waals surface area contributed by atoms with Gasteiger partial charge in [0.1, 0.15) is 18.1 Å². The van der Waals surface area contributed by atoms with Crippen molar-refractivity contribution in [3.05, 3.63) is 64.0 Å². The Bertz CT molecular complexity index is 2830. The van der Waals surface area contributed by atoms with Gasteiger partial charge in [0.15, 0.2) is 11.5 Å². The molecule has 20 heteroatoms. The number of hydrazine groups is 1. The highest BCUT2D eigenvalue weighted by Crippen LogP contribution is 2.46. The number of hydrogen-bond donors (Lipinski definition) is 2. The number of pyridine rings is 1. The van der Waals surface area contributed by atoms with Gasteiger partial charge in [0.05, 0.1) is 65.4 Å². The summed E-state index contributed by atoms with van der Waals surface area (Å²) in [6.45, 7) is 16.2. The van der Waals surface area contributed by atoms with E-state index in [1.807, 2.05) is 18.5 Å². The Morgan fingerprint density at radius 2 is 1.78 bits per heavy atom. The number of hydrogen-bond acceptors (Lipinski definition) is 13. The molecule has 5 aliphatic rings. The molecular weight excluding hydrogens is 973 g/mol. The van der Waals surface area contributed by atoms with Crippen LogP contribution in [0.3, 0.4) is 0 Å². The zero-order valence-electron chi connectivity index (χ0n) is 43.6. The van der Waals surface area contributed by atoms with Crippen molar-refractivity contribution in [2.75, 3.05) is 71.6 Å². The van der Waals surface area contributed by atoms with Crippen LogP contribution in [-0.4, -0.2) is 149 Å². The van der Waals surface area contributed by atoms with E-state index < -0.39 is 83.4 Å². The lowest BCUT2D eigenvalue weighted by atomic mass is 9.84. The summed E-state index contributed by atoms with van der Waals surface area (Å²) in [5.74, 6) is -5.31. The van der Waals surface area contributed by atoms with Crippen LogP contribution >= 0.6 is 11.3 Å². The summed E-state index contributed by atoms with van der Waals surface area (Å²) < 4.78 is 50.5. The maximum atomic E-state index is 16.5. The molecule has 2 N–H and O–H groups in total. The van der Waals surface area contributed by atoms with Crippen LogP contribution in [0.15, 0.2) is 42.2 Å². The maximum absolute atomic E-state index is 16.5. The van der Waals surface area contributed by atoms with Crippen LogP contribution in [0.25, 0.3) is 33.4 Å². The smallest absolute Gasteiger partial charge is 0.324 e. The molecule has 4 atom stereocenters. The molecule has 74 heavy (non-hydrogen) atoms. The minimum atomic E-state index is -2.43. The predicted molar refractivity (Wildman–Crippen MR) is 276 cm³/mol. The first kappa shape index (κ1) is 53.0. The predicted octanol–water partition coefficient (Wildman–Crippen LogP) is 6.26. The molecule has 0 unspecified atom stereocenters. The molecule has 3 aromatic heterocycles. The third-order valence-electron chi connectivity index (χ3n) is 15.4. The first-order chi connectivity index (χ1) is 35.3. The molecule has 3 fully saturated rings. The number of benzene rings is 1. The number of nitrogens with zero attached hydrogens (tertiary/aromatic N) is 7. The van der Waals surface area contributed by atoms with E-state index in [2.05, 4.69) is 58.8 Å². The average Bonchev–Trinajstić information content (AvgIpc) is 3.99. The number of likely N-dealkylation sites (N-methyl/N-ethyl adjacent to an activating group) is 1. The van der Waals surface area contributed by atoms with Crippen molar-refractivity contribution in [3.8, 4) is 22.5 Å². The Hall–Kier alpha value is -5.83. The minimum absolute atomic E-state index is 0.0240. The fraction of sp³-hybridized carbons (Fsp3) is 0.574. The van der Waals surface area contributed by atoms with E-state index in [-0.39, 0.29) is 38.8 Å². The maximum Gasteiger partial charge on any atom is 0.324 e. The van der Waals surface area contributed by atoms with Crippen LogP contribution in [0.4, 0.5) is 14.5 Å². The van der Waals surface area contributed by atoms with Crippen LogP contribution < -0.4 is 15.6 Å². The number of rotatable bonds is 10. The summed E-state index contributed by atoms with van der Waals surface area (Å²) in [6, 6.07) is 3.36. The second kappa shape index (κ2) is 21.4. The lowest BCUT2D eigenvalue weighted by molar-refractivity contribution is -0.156. The fourth-order valence-electron chi connectivity index (χ4n) is 11.4. The molecular formula is C54H69F2N9O8S. The Kier molecular flexibility index (Phi) is 15.3. The van der Waals surface area contributed by atoms with Gasteiger partial charge < -0.3 is 38.8 Å². The van der Waals surface area contributed by atoms with Gasteiger partial charge in [-0.25, -0.2) is 19.2 Å². The molecule has 17 nitrogen and oxygen atoms in total. The van der Waals surface area contributed by atoms with Crippen molar-refractivity contribution >= 4 is 57.5 Å². The summed E-state index contributed by atoms with van der Waals surface area (Å²) in [6.07, 6.45) is 3.99. The SMILES string of the molecule is C=C(F)C(=O)N1CCC(F)(C(=O)N(C)[C@H](C(=O)N[C@H]2Cc3nc(cs3)-c3cc4c5c(c3)c(c(-c3cc(N6CCOCC6)cnc3[C@H](C)OC)n5CCC4)CC(C)(C)COC(=O)[C@@H]3CCCN(N3)C2=O)C(C)C)CC1. The highest BCUT2D eigenvalue weighted by molar-refractivity contribution is 7.10. The number of esters is 1. The molecule has 8 heterocycles. The van der Waals surface area contributed by atoms with Crippen LogP contribution in [0, 0.1) is 11.3 Å². The Morgan fingerprint density at radius 3 is 2.49 bits per heavy atom. The number of ether oxygens (including phenoxy) is 3. The lowest BCUT2D eigenvalue weighted by Gasteiger charge is -2.40. The van der Waals surface area contributed by atoms with E-state index in [0.717, 1.165) is 86.9 Å². The zero-order valence-corrected chi connectivity index (χ0v) is 44.4. The quantitative estimate of drug-likeness (QED) is 0.135. The average molecular weight is 1040 g/mol. The third kappa shape index (κ3) is 10.6. The highest BCUT2D eigenvalue weighted by atomic mass is 32.1. The monoisotopic (exact) mass is 1040 g/mol. The number of anilines is 1. The summed E-state index contributed by atoms with van der Waals surface area (Å²) in [7, 11) is 3.05. The molecule has 0 radical (unpaired) electrons. The van der Waals surface area contributed by atoms with Crippen molar-refractivity contribution in [2.45, 2.75) is 122 Å². The number of likely N-dealkylation sites (tertiary alicyclic amines) is 1.